The van der Waals surface area contributed by atoms with Gasteiger partial charge in [-0.2, -0.15) is 9.78 Å². The normalized spacial score (nSPS) is 11.4. The van der Waals surface area contributed by atoms with Crippen LogP contribution in [0.4, 0.5) is 0 Å². The van der Waals surface area contributed by atoms with Gasteiger partial charge in [-0.05, 0) is 37.4 Å². The number of nitrogens with zero attached hydrogens (tertiary/aromatic N) is 4. The molecular weight excluding hydrogens is 419 g/mol. The second kappa shape index (κ2) is 8.35. The molecule has 0 fully saturated rings. The Morgan fingerprint density at radius 1 is 1.23 bits per heavy atom. The molecule has 136 valence electrons. The van der Waals surface area contributed by atoms with Gasteiger partial charge in [0.15, 0.2) is 11.6 Å². The molecule has 3 aromatic rings. The Kier molecular flexibility index (Phi) is 6.13. The van der Waals surface area contributed by atoms with E-state index < -0.39 is 0 Å². The molecule has 0 saturated carbocycles. The lowest BCUT2D eigenvalue weighted by atomic mass is 10.3. The molecule has 0 spiro atoms. The first kappa shape index (κ1) is 19.1. The summed E-state index contributed by atoms with van der Waals surface area (Å²) in [4.78, 5) is 0. The first-order valence-corrected chi connectivity index (χ1v) is 9.70. The minimum absolute atomic E-state index is 0.163. The second-order valence-corrected chi connectivity index (χ2v) is 7.11. The first-order valence-electron chi connectivity index (χ1n) is 7.34. The van der Waals surface area contributed by atoms with E-state index in [0.717, 1.165) is 0 Å². The van der Waals surface area contributed by atoms with Crippen LogP contribution >= 0.6 is 46.6 Å². The van der Waals surface area contributed by atoms with Gasteiger partial charge in [-0.3, -0.25) is 0 Å². The molecule has 6 nitrogen and oxygen atoms in total. The Labute approximate surface area is 169 Å². The van der Waals surface area contributed by atoms with Crippen molar-refractivity contribution in [2.75, 3.05) is 6.26 Å². The van der Waals surface area contributed by atoms with Crippen molar-refractivity contribution < 1.29 is 9.15 Å². The number of thioether (sulfide) groups is 1. The van der Waals surface area contributed by atoms with Crippen LogP contribution in [0.25, 0.3) is 0 Å². The van der Waals surface area contributed by atoms with Gasteiger partial charge >= 0.3 is 0 Å². The zero-order valence-electron chi connectivity index (χ0n) is 13.7. The van der Waals surface area contributed by atoms with Crippen LogP contribution in [-0.4, -0.2) is 27.3 Å². The summed E-state index contributed by atoms with van der Waals surface area (Å²) in [5.41, 5.74) is 0. The van der Waals surface area contributed by atoms with Crippen LogP contribution in [-0.2, 0) is 6.61 Å². The molecule has 0 N–H and O–H groups in total. The quantitative estimate of drug-likeness (QED) is 0.390. The van der Waals surface area contributed by atoms with E-state index >= 15 is 0 Å². The predicted octanol–water partition coefficient (Wildman–Crippen LogP) is 5.32. The highest BCUT2D eigenvalue weighted by atomic mass is 35.5. The van der Waals surface area contributed by atoms with Crippen molar-refractivity contribution in [1.29, 1.82) is 0 Å². The zero-order chi connectivity index (χ0) is 18.7. The lowest BCUT2D eigenvalue weighted by Crippen LogP contribution is -1.96. The number of rotatable bonds is 6. The molecule has 0 atom stereocenters. The van der Waals surface area contributed by atoms with Crippen LogP contribution in [0.1, 0.15) is 17.3 Å². The molecule has 0 aliphatic rings. The van der Waals surface area contributed by atoms with E-state index in [1.165, 1.54) is 11.8 Å². The van der Waals surface area contributed by atoms with Gasteiger partial charge in [-0.1, -0.05) is 46.6 Å². The molecule has 2 heterocycles. The van der Waals surface area contributed by atoms with Crippen molar-refractivity contribution in [3.63, 3.8) is 0 Å². The topological polar surface area (TPSA) is 65.4 Å². The minimum Gasteiger partial charge on any atom is -0.483 e. The van der Waals surface area contributed by atoms with Gasteiger partial charge in [-0.25, -0.2) is 0 Å². The van der Waals surface area contributed by atoms with Crippen LogP contribution in [0.15, 0.2) is 38.9 Å². The smallest absolute Gasteiger partial charge is 0.211 e. The highest BCUT2D eigenvalue weighted by Crippen LogP contribution is 2.36. The maximum absolute atomic E-state index is 6.09. The van der Waals surface area contributed by atoms with Crippen molar-refractivity contribution in [3.05, 3.63) is 56.7 Å². The average Bonchev–Trinajstić information content (AvgIpc) is 3.18. The molecule has 10 heteroatoms. The summed E-state index contributed by atoms with van der Waals surface area (Å²) in [5.74, 6) is 2.21. The third-order valence-electron chi connectivity index (χ3n) is 3.26. The summed E-state index contributed by atoms with van der Waals surface area (Å²) in [5, 5.41) is 14.1. The molecule has 2 aromatic heterocycles. The van der Waals surface area contributed by atoms with Crippen molar-refractivity contribution in [1.82, 2.24) is 14.9 Å². The third kappa shape index (κ3) is 4.35. The van der Waals surface area contributed by atoms with Crippen LogP contribution in [0.5, 0.6) is 5.75 Å². The number of halogens is 3. The van der Waals surface area contributed by atoms with Crippen LogP contribution in [0.3, 0.4) is 0 Å². The molecule has 3 rings (SSSR count). The molecular formula is C16H13Cl3N4O2S. The number of aromatic nitrogens is 3. The summed E-state index contributed by atoms with van der Waals surface area (Å²) in [6, 6.07) is 6.70. The van der Waals surface area contributed by atoms with Crippen molar-refractivity contribution in [2.45, 2.75) is 18.7 Å². The van der Waals surface area contributed by atoms with Gasteiger partial charge in [0.25, 0.3) is 0 Å². The SMILES string of the molecule is CSc1nnc(C)n1/N=C\c1ccc(COc2c(Cl)cc(Cl)cc2Cl)o1. The maximum atomic E-state index is 6.09. The molecule has 1 aromatic carbocycles. The molecule has 0 bridgehead atoms. The minimum atomic E-state index is 0.163. The van der Waals surface area contributed by atoms with Gasteiger partial charge < -0.3 is 9.15 Å². The number of ether oxygens (including phenoxy) is 1. The summed E-state index contributed by atoms with van der Waals surface area (Å²) < 4.78 is 12.9. The monoisotopic (exact) mass is 430 g/mol. The van der Waals surface area contributed by atoms with Crippen LogP contribution in [0.2, 0.25) is 15.1 Å². The molecule has 0 saturated heterocycles. The Morgan fingerprint density at radius 3 is 2.65 bits per heavy atom. The molecule has 0 aliphatic heterocycles. The number of furan rings is 1. The van der Waals surface area contributed by atoms with Gasteiger partial charge in [0, 0.05) is 5.02 Å². The van der Waals surface area contributed by atoms with E-state index in [4.69, 9.17) is 44.0 Å². The number of benzene rings is 1. The highest BCUT2D eigenvalue weighted by Gasteiger charge is 2.11. The summed E-state index contributed by atoms with van der Waals surface area (Å²) in [7, 11) is 0. The fourth-order valence-electron chi connectivity index (χ4n) is 2.06. The fourth-order valence-corrected chi connectivity index (χ4v) is 3.47. The summed E-state index contributed by atoms with van der Waals surface area (Å²) >= 11 is 19.5. The lowest BCUT2D eigenvalue weighted by Gasteiger charge is -2.08. The van der Waals surface area contributed by atoms with Gasteiger partial charge in [0.1, 0.15) is 18.1 Å². The molecule has 0 amide bonds. The van der Waals surface area contributed by atoms with E-state index in [2.05, 4.69) is 15.3 Å². The molecule has 0 radical (unpaired) electrons. The Balaban J connectivity index is 1.69. The Bertz CT molecular complexity index is 932. The van der Waals surface area contributed by atoms with Crippen molar-refractivity contribution >= 4 is 52.8 Å². The molecule has 26 heavy (non-hydrogen) atoms. The van der Waals surface area contributed by atoms with Gasteiger partial charge in [0.05, 0.1) is 16.3 Å². The van der Waals surface area contributed by atoms with Crippen LogP contribution < -0.4 is 4.74 Å². The van der Waals surface area contributed by atoms with Crippen molar-refractivity contribution in [3.8, 4) is 5.75 Å². The van der Waals surface area contributed by atoms with Gasteiger partial charge in [-0.15, -0.1) is 10.2 Å². The van der Waals surface area contributed by atoms with Crippen LogP contribution in [0, 0.1) is 6.92 Å². The molecule has 0 unspecified atom stereocenters. The standard InChI is InChI=1S/C16H13Cl3N4O2S/c1-9-21-22-16(26-2)23(9)20-7-11-3-4-12(25-11)8-24-15-13(18)5-10(17)6-14(15)19/h3-7H,8H2,1-2H3/b20-7-. The van der Waals surface area contributed by atoms with Crippen molar-refractivity contribution in [2.24, 2.45) is 5.10 Å². The lowest BCUT2D eigenvalue weighted by molar-refractivity contribution is 0.270. The first-order chi connectivity index (χ1) is 12.5. The Morgan fingerprint density at radius 2 is 1.96 bits per heavy atom. The summed E-state index contributed by atoms with van der Waals surface area (Å²) in [6.07, 6.45) is 3.49. The maximum Gasteiger partial charge on any atom is 0.211 e. The second-order valence-electron chi connectivity index (χ2n) is 5.08. The van der Waals surface area contributed by atoms with E-state index in [1.54, 1.807) is 35.2 Å². The largest absolute Gasteiger partial charge is 0.483 e. The van der Waals surface area contributed by atoms with E-state index in [9.17, 15) is 0 Å². The average molecular weight is 432 g/mol. The van der Waals surface area contributed by atoms with E-state index in [1.807, 2.05) is 13.2 Å². The van der Waals surface area contributed by atoms with Gasteiger partial charge in [0.2, 0.25) is 5.16 Å². The van der Waals surface area contributed by atoms with E-state index in [0.29, 0.717) is 43.3 Å². The number of hydrogen-bond donors (Lipinski definition) is 0. The number of hydrogen-bond acceptors (Lipinski definition) is 6. The Hall–Kier alpha value is -1.67. The predicted molar refractivity (Wildman–Crippen MR) is 104 cm³/mol. The fraction of sp³-hybridized carbons (Fsp3) is 0.188. The summed E-state index contributed by atoms with van der Waals surface area (Å²) in [6.45, 7) is 1.99. The highest BCUT2D eigenvalue weighted by molar-refractivity contribution is 7.98. The van der Waals surface area contributed by atoms with E-state index in [-0.39, 0.29) is 6.61 Å². The third-order valence-corrected chi connectivity index (χ3v) is 4.65. The number of aryl methyl sites for hydroxylation is 1. The zero-order valence-corrected chi connectivity index (χ0v) is 16.8. The molecule has 0 aliphatic carbocycles.